The fourth-order valence-corrected chi connectivity index (χ4v) is 3.53. The Morgan fingerprint density at radius 3 is 2.76 bits per heavy atom. The zero-order valence-corrected chi connectivity index (χ0v) is 16.1. The predicted molar refractivity (Wildman–Crippen MR) is 106 cm³/mol. The van der Waals surface area contributed by atoms with Crippen LogP contribution in [0.3, 0.4) is 0 Å². The van der Waals surface area contributed by atoms with Gasteiger partial charge < -0.3 is 14.6 Å². The third-order valence-corrected chi connectivity index (χ3v) is 4.78. The van der Waals surface area contributed by atoms with Gasteiger partial charge in [0.25, 0.3) is 0 Å². The molecule has 0 spiro atoms. The lowest BCUT2D eigenvalue weighted by Crippen LogP contribution is -2.30. The number of nitrogens with one attached hydrogen (secondary N) is 1. The van der Waals surface area contributed by atoms with Crippen molar-refractivity contribution in [3.8, 4) is 5.75 Å². The maximum Gasteiger partial charge on any atom is 0.250 e. The summed E-state index contributed by atoms with van der Waals surface area (Å²) in [4.78, 5) is 30.6. The molecule has 1 N–H and O–H groups in total. The lowest BCUT2D eigenvalue weighted by atomic mass is 10.1. The monoisotopic (exact) mass is 392 g/mol. The number of anilines is 2. The van der Waals surface area contributed by atoms with Gasteiger partial charge in [-0.3, -0.25) is 14.5 Å². The first kappa shape index (κ1) is 18.7. The van der Waals surface area contributed by atoms with Crippen molar-refractivity contribution < 1.29 is 18.8 Å². The minimum atomic E-state index is -0.372. The molecule has 29 heavy (non-hydrogen) atoms. The second-order valence-corrected chi connectivity index (χ2v) is 6.71. The van der Waals surface area contributed by atoms with Gasteiger partial charge in [0, 0.05) is 19.0 Å². The molecule has 8 heteroatoms. The number of ether oxygens (including phenoxy) is 1. The number of hydrogen-bond acceptors (Lipinski definition) is 6. The lowest BCUT2D eigenvalue weighted by Gasteiger charge is -2.21. The van der Waals surface area contributed by atoms with E-state index in [1.807, 2.05) is 30.3 Å². The SMILES string of the molecule is COc1ccccc1NC(=O)Cc1noc([C@@H]2Cc3ccccc3N2C(C)=O)n1. The van der Waals surface area contributed by atoms with E-state index in [1.165, 1.54) is 14.0 Å². The number of carbonyl (C=O) groups is 2. The first-order valence-electron chi connectivity index (χ1n) is 9.20. The molecule has 0 bridgehead atoms. The zero-order valence-electron chi connectivity index (χ0n) is 16.1. The Bertz CT molecular complexity index is 1060. The maximum absolute atomic E-state index is 12.4. The van der Waals surface area contributed by atoms with E-state index >= 15 is 0 Å². The first-order valence-corrected chi connectivity index (χ1v) is 9.20. The summed E-state index contributed by atoms with van der Waals surface area (Å²) in [6.45, 7) is 1.51. The molecule has 2 heterocycles. The number of carbonyl (C=O) groups excluding carboxylic acids is 2. The van der Waals surface area contributed by atoms with Gasteiger partial charge in [-0.1, -0.05) is 35.5 Å². The van der Waals surface area contributed by atoms with E-state index in [2.05, 4.69) is 15.5 Å². The van der Waals surface area contributed by atoms with Crippen LogP contribution >= 0.6 is 0 Å². The van der Waals surface area contributed by atoms with Crippen LogP contribution in [0.2, 0.25) is 0 Å². The summed E-state index contributed by atoms with van der Waals surface area (Å²) in [7, 11) is 1.54. The molecule has 3 aromatic rings. The van der Waals surface area contributed by atoms with Gasteiger partial charge in [-0.2, -0.15) is 4.98 Å². The predicted octanol–water partition coefficient (Wildman–Crippen LogP) is 2.91. The number of fused-ring (bicyclic) bond motifs is 1. The number of rotatable bonds is 5. The van der Waals surface area contributed by atoms with E-state index in [4.69, 9.17) is 9.26 Å². The molecule has 0 radical (unpaired) electrons. The van der Waals surface area contributed by atoms with E-state index in [9.17, 15) is 9.59 Å². The largest absolute Gasteiger partial charge is 0.495 e. The molecule has 148 valence electrons. The van der Waals surface area contributed by atoms with Crippen molar-refractivity contribution in [3.05, 3.63) is 65.8 Å². The second-order valence-electron chi connectivity index (χ2n) is 6.71. The van der Waals surface area contributed by atoms with Gasteiger partial charge in [-0.05, 0) is 23.8 Å². The summed E-state index contributed by atoms with van der Waals surface area (Å²) < 4.78 is 10.6. The maximum atomic E-state index is 12.4. The number of amides is 2. The van der Waals surface area contributed by atoms with Crippen molar-refractivity contribution in [2.75, 3.05) is 17.3 Å². The molecule has 0 aliphatic carbocycles. The number of benzene rings is 2. The van der Waals surface area contributed by atoms with Crippen molar-refractivity contribution in [1.82, 2.24) is 10.1 Å². The molecule has 0 saturated carbocycles. The van der Waals surface area contributed by atoms with Crippen LogP contribution in [0.25, 0.3) is 0 Å². The average Bonchev–Trinajstić information content (AvgIpc) is 3.32. The van der Waals surface area contributed by atoms with Crippen LogP contribution in [-0.2, 0) is 22.4 Å². The fourth-order valence-electron chi connectivity index (χ4n) is 3.53. The van der Waals surface area contributed by atoms with Crippen molar-refractivity contribution >= 4 is 23.2 Å². The van der Waals surface area contributed by atoms with Gasteiger partial charge >= 0.3 is 0 Å². The number of para-hydroxylation sites is 3. The molecular weight excluding hydrogens is 372 g/mol. The Morgan fingerprint density at radius 1 is 1.21 bits per heavy atom. The Morgan fingerprint density at radius 2 is 1.97 bits per heavy atom. The number of hydrogen-bond donors (Lipinski definition) is 1. The molecule has 4 rings (SSSR count). The topological polar surface area (TPSA) is 97.6 Å². The molecule has 8 nitrogen and oxygen atoms in total. The number of methoxy groups -OCH3 is 1. The van der Waals surface area contributed by atoms with E-state index in [0.717, 1.165) is 11.3 Å². The van der Waals surface area contributed by atoms with Gasteiger partial charge in [0.1, 0.15) is 11.8 Å². The molecule has 2 aromatic carbocycles. The van der Waals surface area contributed by atoms with Crippen LogP contribution in [0, 0.1) is 0 Å². The fraction of sp³-hybridized carbons (Fsp3) is 0.238. The van der Waals surface area contributed by atoms with Crippen LogP contribution in [0.15, 0.2) is 53.1 Å². The third kappa shape index (κ3) is 3.69. The molecular formula is C21H20N4O4. The summed E-state index contributed by atoms with van der Waals surface area (Å²) in [6, 6.07) is 14.5. The van der Waals surface area contributed by atoms with E-state index in [0.29, 0.717) is 23.7 Å². The van der Waals surface area contributed by atoms with Crippen molar-refractivity contribution in [2.45, 2.75) is 25.8 Å². The van der Waals surface area contributed by atoms with Crippen molar-refractivity contribution in [1.29, 1.82) is 0 Å². The molecule has 0 fully saturated rings. The quantitative estimate of drug-likeness (QED) is 0.717. The highest BCUT2D eigenvalue weighted by molar-refractivity contribution is 5.95. The van der Waals surface area contributed by atoms with E-state index in [1.54, 1.807) is 23.1 Å². The Labute approximate surface area is 167 Å². The minimum absolute atomic E-state index is 0.0543. The number of aromatic nitrogens is 2. The summed E-state index contributed by atoms with van der Waals surface area (Å²) in [5.74, 6) is 0.743. The first-order chi connectivity index (χ1) is 14.1. The third-order valence-electron chi connectivity index (χ3n) is 4.78. The summed E-state index contributed by atoms with van der Waals surface area (Å²) in [5.41, 5.74) is 2.46. The van der Waals surface area contributed by atoms with Crippen molar-refractivity contribution in [2.24, 2.45) is 0 Å². The van der Waals surface area contributed by atoms with Crippen molar-refractivity contribution in [3.63, 3.8) is 0 Å². The van der Waals surface area contributed by atoms with Gasteiger partial charge in [0.15, 0.2) is 5.82 Å². The molecule has 1 atom stereocenters. The Kier molecular flexibility index (Phi) is 4.99. The molecule has 1 aliphatic heterocycles. The second kappa shape index (κ2) is 7.75. The van der Waals surface area contributed by atoms with E-state index < -0.39 is 0 Å². The van der Waals surface area contributed by atoms with Crippen LogP contribution in [0.5, 0.6) is 5.75 Å². The van der Waals surface area contributed by atoms with Gasteiger partial charge in [-0.25, -0.2) is 0 Å². The highest BCUT2D eigenvalue weighted by Gasteiger charge is 2.36. The average molecular weight is 392 g/mol. The molecule has 1 aromatic heterocycles. The summed E-state index contributed by atoms with van der Waals surface area (Å²) in [6.07, 6.45) is 0.534. The van der Waals surface area contributed by atoms with Gasteiger partial charge in [0.2, 0.25) is 17.7 Å². The molecule has 2 amide bonds. The summed E-state index contributed by atoms with van der Waals surface area (Å²) >= 11 is 0. The molecule has 1 aliphatic rings. The lowest BCUT2D eigenvalue weighted by molar-refractivity contribution is -0.117. The van der Waals surface area contributed by atoms with Crippen LogP contribution in [0.1, 0.15) is 30.2 Å². The highest BCUT2D eigenvalue weighted by Crippen LogP contribution is 2.39. The van der Waals surface area contributed by atoms with Crippen LogP contribution < -0.4 is 15.0 Å². The normalized spacial score (nSPS) is 15.1. The van der Waals surface area contributed by atoms with Gasteiger partial charge in [-0.15, -0.1) is 0 Å². The molecule has 0 saturated heterocycles. The Hall–Kier alpha value is -3.68. The van der Waals surface area contributed by atoms with Gasteiger partial charge in [0.05, 0.1) is 19.2 Å². The molecule has 0 unspecified atom stereocenters. The van der Waals surface area contributed by atoms with Crippen LogP contribution in [-0.4, -0.2) is 29.1 Å². The Balaban J connectivity index is 1.49. The smallest absolute Gasteiger partial charge is 0.250 e. The van der Waals surface area contributed by atoms with Crippen LogP contribution in [0.4, 0.5) is 11.4 Å². The zero-order chi connectivity index (χ0) is 20.4. The standard InChI is InChI=1S/C21H20N4O4/c1-13(26)25-16-9-5-3-7-14(16)11-17(25)21-23-19(24-29-21)12-20(27)22-15-8-4-6-10-18(15)28-2/h3-10,17H,11-12H2,1-2H3,(H,22,27)/t17-/m0/s1. The highest BCUT2D eigenvalue weighted by atomic mass is 16.5. The summed E-state index contributed by atoms with van der Waals surface area (Å²) in [5, 5.41) is 6.71. The van der Waals surface area contributed by atoms with E-state index in [-0.39, 0.29) is 30.1 Å². The number of nitrogens with zero attached hydrogens (tertiary/aromatic N) is 3. The minimum Gasteiger partial charge on any atom is -0.495 e.